The van der Waals surface area contributed by atoms with E-state index < -0.39 is 9.84 Å². The molecule has 1 aromatic carbocycles. The van der Waals surface area contributed by atoms with Crippen LogP contribution in [-0.4, -0.2) is 28.9 Å². The third kappa shape index (κ3) is 2.60. The first-order valence-electron chi connectivity index (χ1n) is 6.71. The van der Waals surface area contributed by atoms with Crippen LogP contribution >= 0.6 is 0 Å². The minimum Gasteiger partial charge on any atom is -0.317 e. The summed E-state index contributed by atoms with van der Waals surface area (Å²) in [6, 6.07) is 7.11. The van der Waals surface area contributed by atoms with Crippen LogP contribution in [-0.2, 0) is 22.8 Å². The number of hydrogen-bond donors (Lipinski definition) is 0. The molecule has 1 unspecified atom stereocenters. The van der Waals surface area contributed by atoms with Crippen molar-refractivity contribution >= 4 is 9.84 Å². The summed E-state index contributed by atoms with van der Waals surface area (Å²) in [5, 5.41) is 7.89. The number of aromatic nitrogens is 3. The van der Waals surface area contributed by atoms with E-state index in [9.17, 15) is 8.42 Å². The number of nitrogens with zero attached hydrogens (tertiary/aromatic N) is 3. The van der Waals surface area contributed by atoms with Gasteiger partial charge < -0.3 is 4.57 Å². The molecule has 2 heterocycles. The quantitative estimate of drug-likeness (QED) is 0.862. The Morgan fingerprint density at radius 2 is 2.25 bits per heavy atom. The number of benzene rings is 1. The average Bonchev–Trinajstić information content (AvgIpc) is 2.85. The van der Waals surface area contributed by atoms with E-state index in [1.165, 1.54) is 0 Å². The molecule has 0 aliphatic carbocycles. The lowest BCUT2D eigenvalue weighted by molar-refractivity contribution is 0.393. The molecule has 0 fully saturated rings. The Bertz CT molecular complexity index is 722. The summed E-state index contributed by atoms with van der Waals surface area (Å²) < 4.78 is 26.9. The molecule has 0 saturated carbocycles. The lowest BCUT2D eigenvalue weighted by atomic mass is 10.0. The monoisotopic (exact) mass is 291 g/mol. The summed E-state index contributed by atoms with van der Waals surface area (Å²) in [6.07, 6.45) is 3.33. The fraction of sp³-hybridized carbons (Fsp3) is 0.429. The van der Waals surface area contributed by atoms with E-state index in [2.05, 4.69) is 10.2 Å². The van der Waals surface area contributed by atoms with Crippen molar-refractivity contribution in [2.45, 2.75) is 31.2 Å². The molecule has 0 spiro atoms. The zero-order valence-electron chi connectivity index (χ0n) is 11.4. The summed E-state index contributed by atoms with van der Waals surface area (Å²) in [5.74, 6) is 1.27. The van der Waals surface area contributed by atoms with Gasteiger partial charge in [-0.3, -0.25) is 0 Å². The summed E-state index contributed by atoms with van der Waals surface area (Å²) in [7, 11) is -3.22. The van der Waals surface area contributed by atoms with Gasteiger partial charge in [-0.1, -0.05) is 12.1 Å². The smallest absolute Gasteiger partial charge is 0.178 e. The molecule has 1 aliphatic rings. The van der Waals surface area contributed by atoms with Crippen LogP contribution in [0.25, 0.3) is 0 Å². The first-order chi connectivity index (χ1) is 9.54. The van der Waals surface area contributed by atoms with Crippen molar-refractivity contribution in [3.63, 3.8) is 0 Å². The Labute approximate surface area is 118 Å². The molecule has 6 heteroatoms. The third-order valence-electron chi connectivity index (χ3n) is 3.73. The molecule has 0 N–H and O–H groups in total. The second-order valence-electron chi connectivity index (χ2n) is 5.40. The molecule has 0 radical (unpaired) electrons. The van der Waals surface area contributed by atoms with Gasteiger partial charge in [-0.25, -0.2) is 8.42 Å². The number of fused-ring (bicyclic) bond motifs is 1. The molecular formula is C14H17N3O2S. The molecule has 1 aromatic heterocycles. The summed E-state index contributed by atoms with van der Waals surface area (Å²) >= 11 is 0. The standard InChI is InChI=1S/C14H17N3O2S/c1-11-3-2-4-13(7-11)20(18,19)9-12-5-6-14-16-15-10-17(14)8-12/h2-4,7,10,12H,5-6,8-9H2,1H3. The maximum atomic E-state index is 12.5. The number of rotatable bonds is 3. The molecule has 106 valence electrons. The Morgan fingerprint density at radius 1 is 1.40 bits per heavy atom. The number of sulfone groups is 1. The molecule has 5 nitrogen and oxygen atoms in total. The average molecular weight is 291 g/mol. The van der Waals surface area contributed by atoms with Crippen molar-refractivity contribution in [1.29, 1.82) is 0 Å². The molecular weight excluding hydrogens is 274 g/mol. The second-order valence-corrected chi connectivity index (χ2v) is 7.44. The molecule has 20 heavy (non-hydrogen) atoms. The largest absolute Gasteiger partial charge is 0.317 e. The highest BCUT2D eigenvalue weighted by atomic mass is 32.2. The SMILES string of the molecule is Cc1cccc(S(=O)(=O)CC2CCc3nncn3C2)c1. The predicted octanol–water partition coefficient (Wildman–Crippen LogP) is 1.62. The molecule has 1 aliphatic heterocycles. The summed E-state index contributed by atoms with van der Waals surface area (Å²) in [5.41, 5.74) is 0.968. The highest BCUT2D eigenvalue weighted by molar-refractivity contribution is 7.91. The van der Waals surface area contributed by atoms with E-state index in [0.29, 0.717) is 11.4 Å². The first kappa shape index (κ1) is 13.3. The van der Waals surface area contributed by atoms with Crippen molar-refractivity contribution in [2.24, 2.45) is 5.92 Å². The highest BCUT2D eigenvalue weighted by Gasteiger charge is 2.25. The van der Waals surface area contributed by atoms with Crippen LogP contribution in [0, 0.1) is 12.8 Å². The second kappa shape index (κ2) is 5.01. The van der Waals surface area contributed by atoms with E-state index in [1.54, 1.807) is 24.5 Å². The molecule has 1 atom stereocenters. The van der Waals surface area contributed by atoms with Crippen LogP contribution in [0.2, 0.25) is 0 Å². The zero-order chi connectivity index (χ0) is 14.2. The minimum atomic E-state index is -3.22. The fourth-order valence-electron chi connectivity index (χ4n) is 2.68. The highest BCUT2D eigenvalue weighted by Crippen LogP contribution is 2.23. The van der Waals surface area contributed by atoms with Gasteiger partial charge in [-0.2, -0.15) is 0 Å². The lowest BCUT2D eigenvalue weighted by Crippen LogP contribution is -2.26. The predicted molar refractivity (Wildman–Crippen MR) is 75.1 cm³/mol. The van der Waals surface area contributed by atoms with Crippen LogP contribution in [0.1, 0.15) is 17.8 Å². The fourth-order valence-corrected chi connectivity index (χ4v) is 4.42. The van der Waals surface area contributed by atoms with Crippen molar-refractivity contribution < 1.29 is 8.42 Å². The number of aryl methyl sites for hydroxylation is 2. The molecule has 3 rings (SSSR count). The van der Waals surface area contributed by atoms with Crippen LogP contribution < -0.4 is 0 Å². The maximum Gasteiger partial charge on any atom is 0.178 e. The van der Waals surface area contributed by atoms with E-state index in [0.717, 1.165) is 24.2 Å². The third-order valence-corrected chi connectivity index (χ3v) is 5.61. The van der Waals surface area contributed by atoms with Crippen LogP contribution in [0.4, 0.5) is 0 Å². The summed E-state index contributed by atoms with van der Waals surface area (Å²) in [4.78, 5) is 0.423. The van der Waals surface area contributed by atoms with Gasteiger partial charge in [-0.05, 0) is 37.0 Å². The van der Waals surface area contributed by atoms with Gasteiger partial charge >= 0.3 is 0 Å². The van der Waals surface area contributed by atoms with E-state index in [4.69, 9.17) is 0 Å². The van der Waals surface area contributed by atoms with Crippen molar-refractivity contribution in [2.75, 3.05) is 5.75 Å². The normalized spacial score (nSPS) is 18.8. The summed E-state index contributed by atoms with van der Waals surface area (Å²) in [6.45, 7) is 2.59. The maximum absolute atomic E-state index is 12.5. The van der Waals surface area contributed by atoms with Crippen LogP contribution in [0.3, 0.4) is 0 Å². The van der Waals surface area contributed by atoms with Gasteiger partial charge in [-0.15, -0.1) is 10.2 Å². The van der Waals surface area contributed by atoms with Gasteiger partial charge in [0.15, 0.2) is 9.84 Å². The van der Waals surface area contributed by atoms with Crippen molar-refractivity contribution in [3.05, 3.63) is 42.0 Å². The van der Waals surface area contributed by atoms with Crippen LogP contribution in [0.5, 0.6) is 0 Å². The van der Waals surface area contributed by atoms with E-state index >= 15 is 0 Å². The van der Waals surface area contributed by atoms with Crippen LogP contribution in [0.15, 0.2) is 35.5 Å². The Kier molecular flexibility index (Phi) is 3.33. The van der Waals surface area contributed by atoms with E-state index in [-0.39, 0.29) is 11.7 Å². The van der Waals surface area contributed by atoms with Gasteiger partial charge in [0.2, 0.25) is 0 Å². The minimum absolute atomic E-state index is 0.129. The topological polar surface area (TPSA) is 64.8 Å². The van der Waals surface area contributed by atoms with Crippen molar-refractivity contribution in [1.82, 2.24) is 14.8 Å². The molecule has 2 aromatic rings. The lowest BCUT2D eigenvalue weighted by Gasteiger charge is -2.22. The van der Waals surface area contributed by atoms with Gasteiger partial charge in [0, 0.05) is 13.0 Å². The van der Waals surface area contributed by atoms with Gasteiger partial charge in [0.05, 0.1) is 10.6 Å². The first-order valence-corrected chi connectivity index (χ1v) is 8.36. The van der Waals surface area contributed by atoms with Gasteiger partial charge in [0.25, 0.3) is 0 Å². The Balaban J connectivity index is 1.78. The molecule has 0 amide bonds. The zero-order valence-corrected chi connectivity index (χ0v) is 12.2. The van der Waals surface area contributed by atoms with E-state index in [1.807, 2.05) is 17.6 Å². The van der Waals surface area contributed by atoms with Gasteiger partial charge in [0.1, 0.15) is 12.2 Å². The Morgan fingerprint density at radius 3 is 3.05 bits per heavy atom. The van der Waals surface area contributed by atoms with Crippen molar-refractivity contribution in [3.8, 4) is 0 Å². The Hall–Kier alpha value is -1.69. The molecule has 0 saturated heterocycles. The molecule has 0 bridgehead atoms. The number of hydrogen-bond acceptors (Lipinski definition) is 4.